The highest BCUT2D eigenvalue weighted by Gasteiger charge is 2.44. The number of likely N-dealkylation sites (tertiary alicyclic amines) is 1. The van der Waals surface area contributed by atoms with Crippen LogP contribution in [0, 0.1) is 11.8 Å². The lowest BCUT2D eigenvalue weighted by Crippen LogP contribution is -2.60. The Labute approximate surface area is 266 Å². The summed E-state index contributed by atoms with van der Waals surface area (Å²) in [5.74, 6) is -8.48. The van der Waals surface area contributed by atoms with E-state index in [4.69, 9.17) is 4.74 Å². The first-order chi connectivity index (χ1) is 22.0. The van der Waals surface area contributed by atoms with Crippen molar-refractivity contribution in [2.45, 2.75) is 70.0 Å². The first-order valence-electron chi connectivity index (χ1n) is 15.3. The van der Waals surface area contributed by atoms with Gasteiger partial charge in [0.05, 0.1) is 18.4 Å². The Kier molecular flexibility index (Phi) is 13.5. The van der Waals surface area contributed by atoms with Crippen LogP contribution < -0.4 is 10.6 Å². The molecule has 5 N–H and O–H groups in total. The Hall–Kier alpha value is -4.94. The van der Waals surface area contributed by atoms with Crippen molar-refractivity contribution in [3.63, 3.8) is 0 Å². The number of rotatable bonds is 17. The Balaban J connectivity index is 1.96. The minimum atomic E-state index is -1.73. The highest BCUT2D eigenvalue weighted by molar-refractivity contribution is 5.96. The van der Waals surface area contributed by atoms with Gasteiger partial charge < -0.3 is 35.6 Å². The second kappa shape index (κ2) is 17.5. The molecular formula is C33H41N3O10. The van der Waals surface area contributed by atoms with E-state index in [0.29, 0.717) is 24.0 Å². The third-order valence-electron chi connectivity index (χ3n) is 7.94. The molecule has 2 aromatic carbocycles. The van der Waals surface area contributed by atoms with E-state index in [2.05, 4.69) is 10.6 Å². The number of nitrogens with one attached hydrogen (secondary N) is 2. The lowest BCUT2D eigenvalue weighted by atomic mass is 9.89. The molecule has 2 unspecified atom stereocenters. The number of alkyl carbamates (subject to hydrolysis) is 1. The first-order valence-corrected chi connectivity index (χ1v) is 15.3. The molecule has 46 heavy (non-hydrogen) atoms. The quantitative estimate of drug-likeness (QED) is 0.160. The summed E-state index contributed by atoms with van der Waals surface area (Å²) in [6.45, 7) is 1.98. The van der Waals surface area contributed by atoms with Gasteiger partial charge in [0, 0.05) is 6.54 Å². The van der Waals surface area contributed by atoms with Gasteiger partial charge in [-0.15, -0.1) is 0 Å². The summed E-state index contributed by atoms with van der Waals surface area (Å²) < 4.78 is 5.15. The van der Waals surface area contributed by atoms with Crippen molar-refractivity contribution in [2.24, 2.45) is 11.8 Å². The molecule has 3 rings (SSSR count). The van der Waals surface area contributed by atoms with Crippen LogP contribution in [-0.4, -0.2) is 87.3 Å². The van der Waals surface area contributed by atoms with Gasteiger partial charge in [0.15, 0.2) is 0 Å². The van der Waals surface area contributed by atoms with E-state index in [9.17, 15) is 44.1 Å². The van der Waals surface area contributed by atoms with Crippen LogP contribution in [0.15, 0.2) is 60.7 Å². The number of aliphatic carboxylic acids is 3. The lowest BCUT2D eigenvalue weighted by Gasteiger charge is -2.32. The Morgan fingerprint density at radius 1 is 0.870 bits per heavy atom. The summed E-state index contributed by atoms with van der Waals surface area (Å²) in [4.78, 5) is 78.3. The van der Waals surface area contributed by atoms with Crippen LogP contribution in [0.1, 0.15) is 50.2 Å². The molecular weight excluding hydrogens is 598 g/mol. The van der Waals surface area contributed by atoms with Crippen LogP contribution in [-0.2, 0) is 41.6 Å². The predicted octanol–water partition coefficient (Wildman–Crippen LogP) is 2.72. The van der Waals surface area contributed by atoms with Gasteiger partial charge in [-0.25, -0.2) is 9.59 Å². The summed E-state index contributed by atoms with van der Waals surface area (Å²) in [6.07, 6.45) is 0.259. The monoisotopic (exact) mass is 639 g/mol. The number of carbonyl (C=O) groups excluding carboxylic acids is 3. The van der Waals surface area contributed by atoms with Gasteiger partial charge in [0.1, 0.15) is 18.1 Å². The van der Waals surface area contributed by atoms with Gasteiger partial charge in [0.2, 0.25) is 11.8 Å². The Bertz CT molecular complexity index is 1350. The highest BCUT2D eigenvalue weighted by atomic mass is 16.5. The minimum absolute atomic E-state index is 0.0225. The molecule has 0 spiro atoms. The molecule has 0 aromatic heterocycles. The smallest absolute Gasteiger partial charge is 0.407 e. The van der Waals surface area contributed by atoms with Crippen molar-refractivity contribution in [1.82, 2.24) is 15.5 Å². The second-order valence-electron chi connectivity index (χ2n) is 11.3. The zero-order chi connectivity index (χ0) is 33.6. The molecule has 0 radical (unpaired) electrons. The summed E-state index contributed by atoms with van der Waals surface area (Å²) in [5, 5.41) is 34.9. The van der Waals surface area contributed by atoms with Crippen LogP contribution in [0.3, 0.4) is 0 Å². The van der Waals surface area contributed by atoms with Gasteiger partial charge in [-0.3, -0.25) is 19.2 Å². The molecule has 0 saturated carbocycles. The molecule has 13 heteroatoms. The number of benzene rings is 2. The number of amides is 3. The zero-order valence-electron chi connectivity index (χ0n) is 25.7. The number of carboxylic acids is 3. The minimum Gasteiger partial charge on any atom is -0.481 e. The zero-order valence-corrected chi connectivity index (χ0v) is 25.7. The van der Waals surface area contributed by atoms with Crippen molar-refractivity contribution in [1.29, 1.82) is 0 Å². The van der Waals surface area contributed by atoms with Crippen molar-refractivity contribution < 1.29 is 48.8 Å². The van der Waals surface area contributed by atoms with E-state index in [1.165, 1.54) is 0 Å². The molecule has 248 valence electrons. The molecule has 1 heterocycles. The third kappa shape index (κ3) is 10.3. The lowest BCUT2D eigenvalue weighted by molar-refractivity contribution is -0.153. The molecule has 0 bridgehead atoms. The fourth-order valence-corrected chi connectivity index (χ4v) is 5.45. The molecule has 1 aliphatic rings. The summed E-state index contributed by atoms with van der Waals surface area (Å²) in [6, 6.07) is 12.6. The van der Waals surface area contributed by atoms with Crippen molar-refractivity contribution in [3.8, 4) is 0 Å². The Morgan fingerprint density at radius 2 is 1.48 bits per heavy atom. The summed E-state index contributed by atoms with van der Waals surface area (Å²) >= 11 is 0. The number of carboxylic acid groups (broad SMARTS) is 3. The largest absolute Gasteiger partial charge is 0.481 e. The SMILES string of the molecule is CCCCOC(=O)N[C@@H](CC(Cc1ccccc1)C(=O)O)C(=O)N[C@H](C(=O)N1CCC[C@H]1C(=O)O)C(Cc1ccccc1)C(=O)O. The van der Waals surface area contributed by atoms with E-state index < -0.39 is 72.2 Å². The van der Waals surface area contributed by atoms with E-state index in [1.54, 1.807) is 60.7 Å². The van der Waals surface area contributed by atoms with Crippen LogP contribution >= 0.6 is 0 Å². The van der Waals surface area contributed by atoms with E-state index in [-0.39, 0.29) is 32.4 Å². The fourth-order valence-electron chi connectivity index (χ4n) is 5.45. The van der Waals surface area contributed by atoms with Gasteiger partial charge in [-0.2, -0.15) is 0 Å². The molecule has 0 aliphatic carbocycles. The predicted molar refractivity (Wildman–Crippen MR) is 165 cm³/mol. The average molecular weight is 640 g/mol. The molecule has 1 fully saturated rings. The number of hydrogen-bond acceptors (Lipinski definition) is 7. The third-order valence-corrected chi connectivity index (χ3v) is 7.94. The van der Waals surface area contributed by atoms with Gasteiger partial charge in [-0.05, 0) is 49.7 Å². The average Bonchev–Trinajstić information content (AvgIpc) is 3.53. The molecule has 5 atom stereocenters. The maximum Gasteiger partial charge on any atom is 0.407 e. The van der Waals surface area contributed by atoms with Gasteiger partial charge in [-0.1, -0.05) is 74.0 Å². The molecule has 1 aliphatic heterocycles. The van der Waals surface area contributed by atoms with Crippen molar-refractivity contribution in [3.05, 3.63) is 71.8 Å². The maximum absolute atomic E-state index is 13.9. The standard InChI is InChI=1S/C33H41N3O10/c1-2-3-17-46-33(45)34-25(20-23(30(39)40)18-21-11-6-4-7-12-21)28(37)35-27(29(38)36-16-10-15-26(36)32(43)44)24(31(41)42)19-22-13-8-5-9-14-22/h4-9,11-14,23-27H,2-3,10,15-20H2,1H3,(H,34,45)(H,35,37)(H,39,40)(H,41,42)(H,43,44)/t23?,24?,25-,26-,27-/m0/s1. The maximum atomic E-state index is 13.9. The molecule has 2 aromatic rings. The molecule has 13 nitrogen and oxygen atoms in total. The number of hydrogen-bond donors (Lipinski definition) is 5. The molecule has 3 amide bonds. The summed E-state index contributed by atoms with van der Waals surface area (Å²) in [5.41, 5.74) is 1.23. The topological polar surface area (TPSA) is 200 Å². The van der Waals surface area contributed by atoms with Crippen LogP contribution in [0.2, 0.25) is 0 Å². The van der Waals surface area contributed by atoms with Crippen molar-refractivity contribution >= 4 is 35.8 Å². The van der Waals surface area contributed by atoms with Crippen LogP contribution in [0.5, 0.6) is 0 Å². The van der Waals surface area contributed by atoms with E-state index in [1.807, 2.05) is 6.92 Å². The Morgan fingerprint density at radius 3 is 2.02 bits per heavy atom. The van der Waals surface area contributed by atoms with Crippen molar-refractivity contribution in [2.75, 3.05) is 13.2 Å². The van der Waals surface area contributed by atoms with E-state index >= 15 is 0 Å². The number of unbranched alkanes of at least 4 members (excludes halogenated alkanes) is 1. The van der Waals surface area contributed by atoms with Gasteiger partial charge in [0.25, 0.3) is 0 Å². The fraction of sp³-hybridized carbons (Fsp3) is 0.455. The number of carbonyl (C=O) groups is 6. The summed E-state index contributed by atoms with van der Waals surface area (Å²) in [7, 11) is 0. The second-order valence-corrected chi connectivity index (χ2v) is 11.3. The highest BCUT2D eigenvalue weighted by Crippen LogP contribution is 2.23. The molecule has 1 saturated heterocycles. The normalized spacial score (nSPS) is 16.8. The van der Waals surface area contributed by atoms with E-state index in [0.717, 1.165) is 11.3 Å². The van der Waals surface area contributed by atoms with Crippen LogP contribution in [0.4, 0.5) is 4.79 Å². The van der Waals surface area contributed by atoms with Gasteiger partial charge >= 0.3 is 24.0 Å². The number of nitrogens with zero attached hydrogens (tertiary/aromatic N) is 1. The first kappa shape index (κ1) is 35.5. The number of ether oxygens (including phenoxy) is 1. The van der Waals surface area contributed by atoms with Crippen LogP contribution in [0.25, 0.3) is 0 Å².